The lowest BCUT2D eigenvalue weighted by atomic mass is 10.1. The van der Waals surface area contributed by atoms with Crippen LogP contribution in [0.15, 0.2) is 40.8 Å². The lowest BCUT2D eigenvalue weighted by molar-refractivity contribution is 0.561. The lowest BCUT2D eigenvalue weighted by Crippen LogP contribution is -1.82. The molecule has 0 aliphatic heterocycles. The van der Waals surface area contributed by atoms with Gasteiger partial charge in [0, 0.05) is 18.1 Å². The zero-order valence-corrected chi connectivity index (χ0v) is 11.8. The zero-order valence-electron chi connectivity index (χ0n) is 11.8. The SMILES string of the molecule is Cc1nc2ccc(C#Cc3ccc(C)c(C)c3)cc2o1. The molecule has 0 radical (unpaired) electrons. The van der Waals surface area contributed by atoms with E-state index in [4.69, 9.17) is 4.42 Å². The molecule has 0 bridgehead atoms. The molecule has 2 heteroatoms. The van der Waals surface area contributed by atoms with Crippen LogP contribution >= 0.6 is 0 Å². The van der Waals surface area contributed by atoms with Crippen LogP contribution < -0.4 is 0 Å². The Hall–Kier alpha value is -2.53. The maximum absolute atomic E-state index is 5.52. The van der Waals surface area contributed by atoms with Gasteiger partial charge in [0.05, 0.1) is 0 Å². The Kier molecular flexibility index (Phi) is 3.04. The first-order valence-corrected chi connectivity index (χ1v) is 6.58. The molecular formula is C18H15NO. The fourth-order valence-electron chi connectivity index (χ4n) is 2.08. The highest BCUT2D eigenvalue weighted by Gasteiger charge is 2.01. The molecular weight excluding hydrogens is 246 g/mol. The van der Waals surface area contributed by atoms with Crippen LogP contribution in [-0.4, -0.2) is 4.98 Å². The topological polar surface area (TPSA) is 26.0 Å². The smallest absolute Gasteiger partial charge is 0.192 e. The van der Waals surface area contributed by atoms with Crippen molar-refractivity contribution in [2.45, 2.75) is 20.8 Å². The van der Waals surface area contributed by atoms with Crippen molar-refractivity contribution >= 4 is 11.1 Å². The monoisotopic (exact) mass is 261 g/mol. The van der Waals surface area contributed by atoms with E-state index in [1.165, 1.54) is 11.1 Å². The summed E-state index contributed by atoms with van der Waals surface area (Å²) in [5.41, 5.74) is 6.18. The second-order valence-electron chi connectivity index (χ2n) is 4.96. The minimum Gasteiger partial charge on any atom is -0.441 e. The molecule has 3 rings (SSSR count). The van der Waals surface area contributed by atoms with Gasteiger partial charge in [0.2, 0.25) is 0 Å². The molecule has 0 saturated carbocycles. The van der Waals surface area contributed by atoms with E-state index < -0.39 is 0 Å². The van der Waals surface area contributed by atoms with Crippen molar-refractivity contribution in [2.24, 2.45) is 0 Å². The molecule has 0 N–H and O–H groups in total. The normalized spacial score (nSPS) is 10.3. The van der Waals surface area contributed by atoms with Crippen LogP contribution in [0.2, 0.25) is 0 Å². The number of nitrogens with zero attached hydrogens (tertiary/aromatic N) is 1. The predicted octanol–water partition coefficient (Wildman–Crippen LogP) is 4.15. The number of aromatic nitrogens is 1. The molecule has 1 heterocycles. The van der Waals surface area contributed by atoms with Gasteiger partial charge in [-0.15, -0.1) is 0 Å². The first kappa shape index (κ1) is 12.5. The number of hydrogen-bond acceptors (Lipinski definition) is 2. The number of rotatable bonds is 0. The summed E-state index contributed by atoms with van der Waals surface area (Å²) in [4.78, 5) is 4.28. The largest absolute Gasteiger partial charge is 0.441 e. The van der Waals surface area contributed by atoms with Crippen molar-refractivity contribution in [3.8, 4) is 11.8 Å². The van der Waals surface area contributed by atoms with Gasteiger partial charge in [0.1, 0.15) is 5.52 Å². The molecule has 0 unspecified atom stereocenters. The molecule has 0 amide bonds. The predicted molar refractivity (Wildman–Crippen MR) is 80.6 cm³/mol. The van der Waals surface area contributed by atoms with Gasteiger partial charge in [-0.1, -0.05) is 17.9 Å². The average Bonchev–Trinajstić information content (AvgIpc) is 2.79. The van der Waals surface area contributed by atoms with Crippen LogP contribution in [0.25, 0.3) is 11.1 Å². The summed E-state index contributed by atoms with van der Waals surface area (Å²) in [6.45, 7) is 6.05. The molecule has 0 aliphatic carbocycles. The van der Waals surface area contributed by atoms with Crippen LogP contribution in [0.1, 0.15) is 28.1 Å². The minimum atomic E-state index is 0.680. The molecule has 20 heavy (non-hydrogen) atoms. The van der Waals surface area contributed by atoms with E-state index in [0.29, 0.717) is 5.89 Å². The summed E-state index contributed by atoms with van der Waals surface area (Å²) in [5.74, 6) is 7.04. The summed E-state index contributed by atoms with van der Waals surface area (Å²) in [7, 11) is 0. The number of oxazole rings is 1. The first-order valence-electron chi connectivity index (χ1n) is 6.58. The van der Waals surface area contributed by atoms with E-state index in [-0.39, 0.29) is 0 Å². The molecule has 2 aromatic carbocycles. The van der Waals surface area contributed by atoms with Crippen molar-refractivity contribution in [3.63, 3.8) is 0 Å². The summed E-state index contributed by atoms with van der Waals surface area (Å²) in [6, 6.07) is 12.1. The van der Waals surface area contributed by atoms with Gasteiger partial charge < -0.3 is 4.42 Å². The van der Waals surface area contributed by atoms with Gasteiger partial charge in [0.25, 0.3) is 0 Å². The Morgan fingerprint density at radius 1 is 0.850 bits per heavy atom. The maximum Gasteiger partial charge on any atom is 0.192 e. The van der Waals surface area contributed by atoms with Crippen molar-refractivity contribution in [2.75, 3.05) is 0 Å². The Bertz CT molecular complexity index is 847. The molecule has 3 aromatic rings. The summed E-state index contributed by atoms with van der Waals surface area (Å²) < 4.78 is 5.52. The van der Waals surface area contributed by atoms with E-state index in [1.807, 2.05) is 31.2 Å². The van der Waals surface area contributed by atoms with E-state index >= 15 is 0 Å². The molecule has 0 aliphatic rings. The van der Waals surface area contributed by atoms with Gasteiger partial charge in [-0.05, 0) is 55.3 Å². The number of hydrogen-bond donors (Lipinski definition) is 0. The summed E-state index contributed by atoms with van der Waals surface area (Å²) >= 11 is 0. The van der Waals surface area contributed by atoms with E-state index in [9.17, 15) is 0 Å². The van der Waals surface area contributed by atoms with Gasteiger partial charge >= 0.3 is 0 Å². The zero-order chi connectivity index (χ0) is 14.1. The fourth-order valence-corrected chi connectivity index (χ4v) is 2.08. The van der Waals surface area contributed by atoms with Crippen LogP contribution in [0.3, 0.4) is 0 Å². The highest BCUT2D eigenvalue weighted by Crippen LogP contribution is 2.16. The van der Waals surface area contributed by atoms with Crippen molar-refractivity contribution in [3.05, 3.63) is 64.5 Å². The quantitative estimate of drug-likeness (QED) is 0.568. The van der Waals surface area contributed by atoms with E-state index in [1.54, 1.807) is 0 Å². The summed E-state index contributed by atoms with van der Waals surface area (Å²) in [5, 5.41) is 0. The van der Waals surface area contributed by atoms with Crippen LogP contribution in [-0.2, 0) is 0 Å². The Labute approximate surface area is 118 Å². The van der Waals surface area contributed by atoms with E-state index in [2.05, 4.69) is 42.8 Å². The maximum atomic E-state index is 5.52. The summed E-state index contributed by atoms with van der Waals surface area (Å²) in [6.07, 6.45) is 0. The van der Waals surface area contributed by atoms with Gasteiger partial charge in [0.15, 0.2) is 11.5 Å². The van der Waals surface area contributed by atoms with Gasteiger partial charge in [-0.25, -0.2) is 4.98 Å². The van der Waals surface area contributed by atoms with Gasteiger partial charge in [-0.2, -0.15) is 0 Å². The highest BCUT2D eigenvalue weighted by molar-refractivity contribution is 5.74. The fraction of sp³-hybridized carbons (Fsp3) is 0.167. The van der Waals surface area contributed by atoms with Crippen LogP contribution in [0.4, 0.5) is 0 Å². The Balaban J connectivity index is 1.96. The van der Waals surface area contributed by atoms with E-state index in [0.717, 1.165) is 22.2 Å². The molecule has 1 aromatic heterocycles. The van der Waals surface area contributed by atoms with Gasteiger partial charge in [-0.3, -0.25) is 0 Å². The van der Waals surface area contributed by atoms with Crippen LogP contribution in [0, 0.1) is 32.6 Å². The minimum absolute atomic E-state index is 0.680. The molecule has 2 nitrogen and oxygen atoms in total. The third-order valence-electron chi connectivity index (χ3n) is 3.35. The number of benzene rings is 2. The second kappa shape index (κ2) is 4.86. The molecule has 0 fully saturated rings. The highest BCUT2D eigenvalue weighted by atomic mass is 16.3. The van der Waals surface area contributed by atoms with Crippen molar-refractivity contribution < 1.29 is 4.42 Å². The molecule has 98 valence electrons. The standard InChI is InChI=1S/C18H15NO/c1-12-4-5-15(10-13(12)2)6-7-16-8-9-17-18(11-16)20-14(3)19-17/h4-5,8-11H,1-3H3. The van der Waals surface area contributed by atoms with Crippen molar-refractivity contribution in [1.82, 2.24) is 4.98 Å². The Morgan fingerprint density at radius 3 is 2.30 bits per heavy atom. The average molecular weight is 261 g/mol. The Morgan fingerprint density at radius 2 is 1.55 bits per heavy atom. The van der Waals surface area contributed by atoms with Crippen LogP contribution in [0.5, 0.6) is 0 Å². The third-order valence-corrected chi connectivity index (χ3v) is 3.35. The molecule has 0 atom stereocenters. The molecule has 0 saturated heterocycles. The molecule has 0 spiro atoms. The lowest BCUT2D eigenvalue weighted by Gasteiger charge is -1.98. The number of fused-ring (bicyclic) bond motifs is 1. The number of aryl methyl sites for hydroxylation is 3. The second-order valence-corrected chi connectivity index (χ2v) is 4.96. The first-order chi connectivity index (χ1) is 9.61. The third kappa shape index (κ3) is 2.44. The van der Waals surface area contributed by atoms with Crippen molar-refractivity contribution in [1.29, 1.82) is 0 Å².